The Morgan fingerprint density at radius 1 is 1.40 bits per heavy atom. The van der Waals surface area contributed by atoms with Crippen molar-refractivity contribution in [2.45, 2.75) is 0 Å². The predicted molar refractivity (Wildman–Crippen MR) is 38.0 cm³/mol. The molecule has 0 aliphatic carbocycles. The van der Waals surface area contributed by atoms with Gasteiger partial charge in [0.05, 0.1) is 0 Å². The van der Waals surface area contributed by atoms with Crippen LogP contribution < -0.4 is 0 Å². The molecule has 0 fully saturated rings. The van der Waals surface area contributed by atoms with Crippen molar-refractivity contribution in [3.63, 3.8) is 0 Å². The third-order valence-corrected chi connectivity index (χ3v) is 1.38. The van der Waals surface area contributed by atoms with E-state index in [-0.39, 0.29) is 5.28 Å². The molecule has 0 atom stereocenters. The maximum absolute atomic E-state index is 5.54. The maximum Gasteiger partial charge on any atom is 0.243 e. The molecule has 4 heteroatoms. The van der Waals surface area contributed by atoms with Crippen LogP contribution in [0.1, 0.15) is 0 Å². The number of halogens is 1. The van der Waals surface area contributed by atoms with Crippen molar-refractivity contribution in [2.75, 3.05) is 0 Å². The Kier molecular flexibility index (Phi) is 1.11. The summed E-state index contributed by atoms with van der Waals surface area (Å²) in [5.74, 6) is 0. The van der Waals surface area contributed by atoms with Crippen LogP contribution in [0.5, 0.6) is 0 Å². The molecule has 0 saturated carbocycles. The second kappa shape index (κ2) is 1.95. The molecule has 10 heavy (non-hydrogen) atoms. The first kappa shape index (κ1) is 5.68. The van der Waals surface area contributed by atoms with Gasteiger partial charge in [-0.25, -0.2) is 4.52 Å². The molecule has 0 saturated heterocycles. The summed E-state index contributed by atoms with van der Waals surface area (Å²) in [6.07, 6.45) is 1.80. The third kappa shape index (κ3) is 0.752. The molecular formula is C6H4ClN3. The molecule has 0 unspecified atom stereocenters. The lowest BCUT2D eigenvalue weighted by Gasteiger charge is -1.84. The van der Waals surface area contributed by atoms with E-state index in [1.54, 1.807) is 10.7 Å². The Balaban J connectivity index is 2.88. The Labute approximate surface area is 62.3 Å². The van der Waals surface area contributed by atoms with Crippen molar-refractivity contribution in [3.05, 3.63) is 29.7 Å². The van der Waals surface area contributed by atoms with Crippen LogP contribution >= 0.6 is 11.6 Å². The zero-order valence-electron chi connectivity index (χ0n) is 5.03. The van der Waals surface area contributed by atoms with E-state index in [0.717, 1.165) is 5.65 Å². The van der Waals surface area contributed by atoms with Crippen molar-refractivity contribution >= 4 is 17.2 Å². The number of nitrogens with zero attached hydrogens (tertiary/aromatic N) is 3. The summed E-state index contributed by atoms with van der Waals surface area (Å²) in [6, 6.07) is 5.61. The van der Waals surface area contributed by atoms with E-state index >= 15 is 0 Å². The number of aromatic nitrogens is 3. The Morgan fingerprint density at radius 3 is 3.10 bits per heavy atom. The topological polar surface area (TPSA) is 30.2 Å². The van der Waals surface area contributed by atoms with Crippen molar-refractivity contribution in [2.24, 2.45) is 0 Å². The molecule has 0 spiro atoms. The molecule has 2 aromatic rings. The van der Waals surface area contributed by atoms with Gasteiger partial charge < -0.3 is 0 Å². The maximum atomic E-state index is 5.54. The Bertz CT molecular complexity index is 322. The summed E-state index contributed by atoms with van der Waals surface area (Å²) >= 11 is 5.54. The van der Waals surface area contributed by atoms with Crippen LogP contribution in [-0.2, 0) is 0 Å². The van der Waals surface area contributed by atoms with Crippen LogP contribution in [-0.4, -0.2) is 14.6 Å². The summed E-state index contributed by atoms with van der Waals surface area (Å²) in [7, 11) is 0. The zero-order valence-corrected chi connectivity index (χ0v) is 5.78. The molecule has 0 N–H and O–H groups in total. The Morgan fingerprint density at radius 2 is 2.30 bits per heavy atom. The highest BCUT2D eigenvalue weighted by Gasteiger charge is 1.95. The molecular weight excluding hydrogens is 150 g/mol. The van der Waals surface area contributed by atoms with E-state index in [2.05, 4.69) is 10.1 Å². The first-order valence-corrected chi connectivity index (χ1v) is 3.21. The van der Waals surface area contributed by atoms with Crippen LogP contribution in [0.15, 0.2) is 24.4 Å². The summed E-state index contributed by atoms with van der Waals surface area (Å²) < 4.78 is 1.63. The highest BCUT2D eigenvalue weighted by Crippen LogP contribution is 2.03. The van der Waals surface area contributed by atoms with E-state index in [4.69, 9.17) is 11.6 Å². The SMILES string of the molecule is Clc1nc2ccccn2n1. The molecule has 0 aliphatic heterocycles. The van der Waals surface area contributed by atoms with Crippen LogP contribution in [0.3, 0.4) is 0 Å². The normalized spacial score (nSPS) is 10.5. The van der Waals surface area contributed by atoms with Gasteiger partial charge in [0.25, 0.3) is 0 Å². The van der Waals surface area contributed by atoms with E-state index in [1.807, 2.05) is 18.2 Å². The zero-order chi connectivity index (χ0) is 6.97. The second-order valence-corrected chi connectivity index (χ2v) is 2.22. The molecule has 0 aromatic carbocycles. The summed E-state index contributed by atoms with van der Waals surface area (Å²) in [5, 5.41) is 4.17. The monoisotopic (exact) mass is 153 g/mol. The largest absolute Gasteiger partial charge is 0.243 e. The van der Waals surface area contributed by atoms with Crippen molar-refractivity contribution in [3.8, 4) is 0 Å². The minimum absolute atomic E-state index is 0.284. The number of hydrogen-bond donors (Lipinski definition) is 0. The van der Waals surface area contributed by atoms with Crippen LogP contribution in [0.4, 0.5) is 0 Å². The van der Waals surface area contributed by atoms with E-state index < -0.39 is 0 Å². The lowest BCUT2D eigenvalue weighted by molar-refractivity contribution is 0.961. The van der Waals surface area contributed by atoms with E-state index in [1.165, 1.54) is 0 Å². The van der Waals surface area contributed by atoms with Gasteiger partial charge in [0.2, 0.25) is 5.28 Å². The molecule has 2 heterocycles. The van der Waals surface area contributed by atoms with Gasteiger partial charge in [-0.3, -0.25) is 0 Å². The Hall–Kier alpha value is -1.09. The molecule has 0 radical (unpaired) electrons. The summed E-state index contributed by atoms with van der Waals surface area (Å²) in [6.45, 7) is 0. The second-order valence-electron chi connectivity index (χ2n) is 1.88. The van der Waals surface area contributed by atoms with Gasteiger partial charge in [0.1, 0.15) is 0 Å². The van der Waals surface area contributed by atoms with Gasteiger partial charge in [0.15, 0.2) is 5.65 Å². The van der Waals surface area contributed by atoms with Gasteiger partial charge in [0, 0.05) is 6.20 Å². The third-order valence-electron chi connectivity index (χ3n) is 1.22. The number of fused-ring (bicyclic) bond motifs is 1. The molecule has 0 bridgehead atoms. The van der Waals surface area contributed by atoms with Crippen molar-refractivity contribution < 1.29 is 0 Å². The highest BCUT2D eigenvalue weighted by molar-refractivity contribution is 6.28. The van der Waals surface area contributed by atoms with Crippen molar-refractivity contribution in [1.82, 2.24) is 14.6 Å². The highest BCUT2D eigenvalue weighted by atomic mass is 35.5. The fourth-order valence-electron chi connectivity index (χ4n) is 0.804. The van der Waals surface area contributed by atoms with E-state index in [9.17, 15) is 0 Å². The number of pyridine rings is 1. The number of rotatable bonds is 0. The average molecular weight is 154 g/mol. The first-order valence-electron chi connectivity index (χ1n) is 2.83. The van der Waals surface area contributed by atoms with Gasteiger partial charge in [-0.2, -0.15) is 4.98 Å². The number of hydrogen-bond acceptors (Lipinski definition) is 2. The molecule has 0 amide bonds. The lowest BCUT2D eigenvalue weighted by atomic mass is 10.5. The fraction of sp³-hybridized carbons (Fsp3) is 0. The minimum Gasteiger partial charge on any atom is -0.220 e. The molecule has 3 nitrogen and oxygen atoms in total. The predicted octanol–water partition coefficient (Wildman–Crippen LogP) is 1.38. The van der Waals surface area contributed by atoms with Crippen molar-refractivity contribution in [1.29, 1.82) is 0 Å². The van der Waals surface area contributed by atoms with Gasteiger partial charge in [-0.15, -0.1) is 5.10 Å². The molecule has 50 valence electrons. The molecule has 2 aromatic heterocycles. The van der Waals surface area contributed by atoms with E-state index in [0.29, 0.717) is 0 Å². The minimum atomic E-state index is 0.284. The van der Waals surface area contributed by atoms with Crippen LogP contribution in [0.2, 0.25) is 5.28 Å². The standard InChI is InChI=1S/C6H4ClN3/c7-6-8-5-3-1-2-4-10(5)9-6/h1-4H. The van der Waals surface area contributed by atoms with Gasteiger partial charge in [-0.1, -0.05) is 6.07 Å². The molecule has 2 rings (SSSR count). The smallest absolute Gasteiger partial charge is 0.220 e. The average Bonchev–Trinajstić information content (AvgIpc) is 2.27. The van der Waals surface area contributed by atoms with Gasteiger partial charge in [-0.05, 0) is 23.7 Å². The quantitative estimate of drug-likeness (QED) is 0.573. The molecule has 0 aliphatic rings. The first-order chi connectivity index (χ1) is 4.86. The summed E-state index contributed by atoms with van der Waals surface area (Å²) in [4.78, 5) is 3.93. The van der Waals surface area contributed by atoms with Crippen LogP contribution in [0, 0.1) is 0 Å². The lowest BCUT2D eigenvalue weighted by Crippen LogP contribution is -1.82. The fourth-order valence-corrected chi connectivity index (χ4v) is 0.972. The summed E-state index contributed by atoms with van der Waals surface area (Å²) in [5.41, 5.74) is 0.771. The van der Waals surface area contributed by atoms with Crippen LogP contribution in [0.25, 0.3) is 5.65 Å². The van der Waals surface area contributed by atoms with Gasteiger partial charge >= 0.3 is 0 Å².